The molecule has 0 fully saturated rings. The normalized spacial score (nSPS) is 11.3. The van der Waals surface area contributed by atoms with E-state index in [0.717, 1.165) is 17.2 Å². The molecule has 0 N–H and O–H groups in total. The number of oxazole rings is 1. The minimum absolute atomic E-state index is 0. The molecule has 1 aromatic heterocycles. The Morgan fingerprint density at radius 1 is 0.571 bits per heavy atom. The van der Waals surface area contributed by atoms with Gasteiger partial charge in [0, 0.05) is 11.0 Å². The van der Waals surface area contributed by atoms with Gasteiger partial charge in [-0.1, -0.05) is 129 Å². The fourth-order valence-corrected chi connectivity index (χ4v) is 3.76. The summed E-state index contributed by atoms with van der Waals surface area (Å²) in [5.74, 6) is 1.61. The van der Waals surface area contributed by atoms with E-state index in [-0.39, 0.29) is 25.7 Å². The molecule has 0 aliphatic carbocycles. The molecule has 4 aromatic carbocycles. The van der Waals surface area contributed by atoms with Crippen molar-refractivity contribution < 1.29 is 4.42 Å². The zero-order valence-electron chi connectivity index (χ0n) is 20.5. The van der Waals surface area contributed by atoms with Crippen LogP contribution in [0.4, 0.5) is 0 Å². The first kappa shape index (κ1) is 27.9. The SMILES string of the molecule is C.C.CC(C)(C)c1ccc2cc3ccccc3cc2c1.CC(C)(C)c1ncc(-c2ccccc2)o1. The van der Waals surface area contributed by atoms with Gasteiger partial charge in [-0.3, -0.25) is 0 Å². The van der Waals surface area contributed by atoms with Crippen LogP contribution in [0.15, 0.2) is 95.5 Å². The molecule has 0 amide bonds. The molecule has 0 bridgehead atoms. The molecular weight excluding hydrogens is 426 g/mol. The molecule has 0 saturated carbocycles. The topological polar surface area (TPSA) is 26.0 Å². The fourth-order valence-electron chi connectivity index (χ4n) is 3.76. The molecule has 5 rings (SSSR count). The standard InChI is InChI=1S/C18H18.C13H15NO.2CH4/c1-18(2,3)17-9-8-15-10-13-6-4-5-7-14(13)11-16(15)12-17;1-13(2,3)12-14-9-11(15-12)10-7-5-4-6-8-10;;/h4-12H,1-3H3;4-9H,1-3H3;2*1H4. The number of hydrogen-bond acceptors (Lipinski definition) is 2. The zero-order valence-corrected chi connectivity index (χ0v) is 20.5. The molecule has 0 aliphatic heterocycles. The molecule has 0 radical (unpaired) electrons. The summed E-state index contributed by atoms with van der Waals surface area (Å²) in [6.45, 7) is 13.1. The summed E-state index contributed by atoms with van der Waals surface area (Å²) >= 11 is 0. The van der Waals surface area contributed by atoms with Gasteiger partial charge in [0.25, 0.3) is 0 Å². The Morgan fingerprint density at radius 2 is 1.11 bits per heavy atom. The van der Waals surface area contributed by atoms with Crippen LogP contribution in [0, 0.1) is 0 Å². The maximum atomic E-state index is 5.72. The Labute approximate surface area is 212 Å². The highest BCUT2D eigenvalue weighted by Crippen LogP contribution is 2.29. The van der Waals surface area contributed by atoms with Crippen LogP contribution >= 0.6 is 0 Å². The number of fused-ring (bicyclic) bond motifs is 2. The minimum atomic E-state index is -0.0347. The summed E-state index contributed by atoms with van der Waals surface area (Å²) in [6.07, 6.45) is 1.79. The molecule has 2 nitrogen and oxygen atoms in total. The van der Waals surface area contributed by atoms with Gasteiger partial charge in [-0.05, 0) is 44.7 Å². The molecule has 0 saturated heterocycles. The predicted molar refractivity (Wildman–Crippen MR) is 154 cm³/mol. The number of rotatable bonds is 1. The lowest BCUT2D eigenvalue weighted by Gasteiger charge is -2.19. The quantitative estimate of drug-likeness (QED) is 0.229. The lowest BCUT2D eigenvalue weighted by atomic mass is 9.85. The first-order valence-corrected chi connectivity index (χ1v) is 11.6. The van der Waals surface area contributed by atoms with Crippen molar-refractivity contribution in [2.24, 2.45) is 0 Å². The average Bonchev–Trinajstić information content (AvgIpc) is 3.29. The van der Waals surface area contributed by atoms with E-state index in [0.29, 0.717) is 0 Å². The monoisotopic (exact) mass is 467 g/mol. The number of aromatic nitrogens is 1. The van der Waals surface area contributed by atoms with E-state index < -0.39 is 0 Å². The van der Waals surface area contributed by atoms with Crippen LogP contribution < -0.4 is 0 Å². The first-order valence-electron chi connectivity index (χ1n) is 11.6. The zero-order chi connectivity index (χ0) is 23.6. The Bertz CT molecular complexity index is 1370. The molecule has 184 valence electrons. The Morgan fingerprint density at radius 3 is 1.66 bits per heavy atom. The molecule has 5 aromatic rings. The van der Waals surface area contributed by atoms with E-state index in [9.17, 15) is 0 Å². The van der Waals surface area contributed by atoms with E-state index in [1.807, 2.05) is 30.3 Å². The van der Waals surface area contributed by atoms with Crippen LogP contribution in [0.3, 0.4) is 0 Å². The molecule has 2 heteroatoms. The van der Waals surface area contributed by atoms with E-state index in [2.05, 4.69) is 101 Å². The maximum absolute atomic E-state index is 5.72. The van der Waals surface area contributed by atoms with E-state index in [4.69, 9.17) is 4.42 Å². The van der Waals surface area contributed by atoms with Crippen LogP contribution in [0.1, 0.15) is 67.8 Å². The van der Waals surface area contributed by atoms with Gasteiger partial charge in [-0.25, -0.2) is 4.98 Å². The van der Waals surface area contributed by atoms with Gasteiger partial charge in [-0.15, -0.1) is 0 Å². The van der Waals surface area contributed by atoms with Gasteiger partial charge < -0.3 is 4.42 Å². The van der Waals surface area contributed by atoms with Crippen molar-refractivity contribution in [3.05, 3.63) is 103 Å². The maximum Gasteiger partial charge on any atom is 0.200 e. The second kappa shape index (κ2) is 10.9. The third-order valence-electron chi connectivity index (χ3n) is 5.78. The fraction of sp³-hybridized carbons (Fsp3) is 0.303. The van der Waals surface area contributed by atoms with Gasteiger partial charge in [0.1, 0.15) is 0 Å². The highest BCUT2D eigenvalue weighted by Gasteiger charge is 2.20. The highest BCUT2D eigenvalue weighted by molar-refractivity contribution is 5.98. The first-order chi connectivity index (χ1) is 15.6. The van der Waals surface area contributed by atoms with Gasteiger partial charge in [0.15, 0.2) is 11.7 Å². The second-order valence-electron chi connectivity index (χ2n) is 10.7. The molecule has 35 heavy (non-hydrogen) atoms. The minimum Gasteiger partial charge on any atom is -0.440 e. The van der Waals surface area contributed by atoms with Crippen LogP contribution in [-0.2, 0) is 10.8 Å². The number of nitrogens with zero attached hydrogens (tertiary/aromatic N) is 1. The van der Waals surface area contributed by atoms with Crippen molar-refractivity contribution >= 4 is 21.5 Å². The lowest BCUT2D eigenvalue weighted by Crippen LogP contribution is -2.10. The van der Waals surface area contributed by atoms with Gasteiger partial charge in [-0.2, -0.15) is 0 Å². The van der Waals surface area contributed by atoms with Gasteiger partial charge >= 0.3 is 0 Å². The summed E-state index contributed by atoms with van der Waals surface area (Å²) in [4.78, 5) is 4.30. The average molecular weight is 468 g/mol. The molecular formula is C33H41NO. The van der Waals surface area contributed by atoms with Crippen LogP contribution in [0.5, 0.6) is 0 Å². The van der Waals surface area contributed by atoms with Gasteiger partial charge in [0.05, 0.1) is 6.20 Å². The summed E-state index contributed by atoms with van der Waals surface area (Å²) in [7, 11) is 0. The molecule has 0 spiro atoms. The van der Waals surface area contributed by atoms with Gasteiger partial charge in [0.2, 0.25) is 0 Å². The smallest absolute Gasteiger partial charge is 0.200 e. The summed E-state index contributed by atoms with van der Waals surface area (Å²) < 4.78 is 5.72. The van der Waals surface area contributed by atoms with E-state index >= 15 is 0 Å². The van der Waals surface area contributed by atoms with Crippen molar-refractivity contribution in [3.8, 4) is 11.3 Å². The third-order valence-corrected chi connectivity index (χ3v) is 5.78. The van der Waals surface area contributed by atoms with Crippen LogP contribution in [-0.4, -0.2) is 4.98 Å². The Hall–Kier alpha value is -3.39. The van der Waals surface area contributed by atoms with Crippen molar-refractivity contribution in [2.75, 3.05) is 0 Å². The molecule has 0 unspecified atom stereocenters. The number of benzene rings is 4. The molecule has 0 atom stereocenters. The second-order valence-corrected chi connectivity index (χ2v) is 10.7. The van der Waals surface area contributed by atoms with Crippen LogP contribution in [0.2, 0.25) is 0 Å². The van der Waals surface area contributed by atoms with Crippen molar-refractivity contribution in [1.82, 2.24) is 4.98 Å². The summed E-state index contributed by atoms with van der Waals surface area (Å²) in [5.41, 5.74) is 2.64. The highest BCUT2D eigenvalue weighted by atomic mass is 16.4. The molecule has 0 aliphatic rings. The Balaban J connectivity index is 0.000000237. The van der Waals surface area contributed by atoms with Crippen molar-refractivity contribution in [3.63, 3.8) is 0 Å². The molecule has 1 heterocycles. The largest absolute Gasteiger partial charge is 0.440 e. The van der Waals surface area contributed by atoms with Crippen molar-refractivity contribution in [2.45, 2.75) is 67.2 Å². The van der Waals surface area contributed by atoms with E-state index in [1.165, 1.54) is 27.1 Å². The van der Waals surface area contributed by atoms with Crippen molar-refractivity contribution in [1.29, 1.82) is 0 Å². The Kier molecular flexibility index (Phi) is 8.68. The van der Waals surface area contributed by atoms with E-state index in [1.54, 1.807) is 6.20 Å². The van der Waals surface area contributed by atoms with Crippen LogP contribution in [0.25, 0.3) is 32.9 Å². The number of hydrogen-bond donors (Lipinski definition) is 0. The predicted octanol–water partition coefficient (Wildman–Crippen LogP) is 10.2. The summed E-state index contributed by atoms with van der Waals surface area (Å²) in [6, 6.07) is 29.9. The summed E-state index contributed by atoms with van der Waals surface area (Å²) in [5, 5.41) is 5.28. The third kappa shape index (κ3) is 6.60. The lowest BCUT2D eigenvalue weighted by molar-refractivity contribution is 0.399.